The van der Waals surface area contributed by atoms with Gasteiger partial charge < -0.3 is 4.74 Å². The number of hydrogen-bond donors (Lipinski definition) is 2. The topological polar surface area (TPSA) is 67.4 Å². The van der Waals surface area contributed by atoms with E-state index in [4.69, 9.17) is 16.3 Å². The molecule has 2 aromatic carbocycles. The summed E-state index contributed by atoms with van der Waals surface area (Å²) < 4.78 is 19.1. The monoisotopic (exact) mass is 376 g/mol. The van der Waals surface area contributed by atoms with Crippen molar-refractivity contribution in [1.82, 2.24) is 10.9 Å². The van der Waals surface area contributed by atoms with Gasteiger partial charge in [0.1, 0.15) is 11.6 Å². The summed E-state index contributed by atoms with van der Waals surface area (Å²) in [6.07, 6.45) is 2.29. The molecular weight excluding hydrogens is 359 g/mol. The Morgan fingerprint density at radius 2 is 1.77 bits per heavy atom. The molecule has 0 unspecified atom stereocenters. The van der Waals surface area contributed by atoms with E-state index in [1.54, 1.807) is 0 Å². The minimum absolute atomic E-state index is 0.0917. The SMILES string of the molecule is Cc1cccc(C)c1OCC(=O)NNC(=O)/C=C/c1c(F)cccc1Cl. The van der Waals surface area contributed by atoms with Crippen molar-refractivity contribution in [2.24, 2.45) is 0 Å². The fraction of sp³-hybridized carbons (Fsp3) is 0.158. The summed E-state index contributed by atoms with van der Waals surface area (Å²) in [6, 6.07) is 9.85. The molecule has 0 atom stereocenters. The quantitative estimate of drug-likeness (QED) is 0.621. The predicted molar refractivity (Wildman–Crippen MR) is 98.1 cm³/mol. The van der Waals surface area contributed by atoms with E-state index in [1.165, 1.54) is 24.3 Å². The number of hydrogen-bond acceptors (Lipinski definition) is 3. The average Bonchev–Trinajstić information content (AvgIpc) is 2.59. The lowest BCUT2D eigenvalue weighted by atomic mass is 10.1. The van der Waals surface area contributed by atoms with E-state index in [1.807, 2.05) is 32.0 Å². The van der Waals surface area contributed by atoms with Gasteiger partial charge in [0.25, 0.3) is 11.8 Å². The third-order valence-corrected chi connectivity index (χ3v) is 3.81. The Kier molecular flexibility index (Phi) is 6.74. The second kappa shape index (κ2) is 9.01. The van der Waals surface area contributed by atoms with Gasteiger partial charge in [-0.25, -0.2) is 4.39 Å². The zero-order valence-electron chi connectivity index (χ0n) is 14.3. The van der Waals surface area contributed by atoms with Gasteiger partial charge in [-0.15, -0.1) is 0 Å². The number of ether oxygens (including phenoxy) is 1. The van der Waals surface area contributed by atoms with Crippen molar-refractivity contribution in [1.29, 1.82) is 0 Å². The van der Waals surface area contributed by atoms with E-state index in [0.29, 0.717) is 5.75 Å². The zero-order valence-corrected chi connectivity index (χ0v) is 15.1. The standard InChI is InChI=1S/C19H18ClFN2O3/c1-12-5-3-6-13(2)19(12)26-11-18(25)23-22-17(24)10-9-14-15(20)7-4-8-16(14)21/h3-10H,11H2,1-2H3,(H,22,24)(H,23,25)/b10-9+. The molecule has 7 heteroatoms. The molecule has 26 heavy (non-hydrogen) atoms. The van der Waals surface area contributed by atoms with Gasteiger partial charge in [0.15, 0.2) is 6.61 Å². The second-order valence-electron chi connectivity index (χ2n) is 5.52. The van der Waals surface area contributed by atoms with Crippen LogP contribution in [-0.4, -0.2) is 18.4 Å². The molecule has 2 N–H and O–H groups in total. The van der Waals surface area contributed by atoms with E-state index in [2.05, 4.69) is 10.9 Å². The molecule has 0 aromatic heterocycles. The summed E-state index contributed by atoms with van der Waals surface area (Å²) in [5.41, 5.74) is 6.31. The third kappa shape index (κ3) is 5.32. The van der Waals surface area contributed by atoms with Crippen molar-refractivity contribution in [3.8, 4) is 5.75 Å². The number of nitrogens with one attached hydrogen (secondary N) is 2. The number of para-hydroxylation sites is 1. The van der Waals surface area contributed by atoms with E-state index in [9.17, 15) is 14.0 Å². The van der Waals surface area contributed by atoms with Crippen molar-refractivity contribution in [2.75, 3.05) is 6.61 Å². The summed E-state index contributed by atoms with van der Waals surface area (Å²) in [5, 5.41) is 0.181. The molecule has 0 fully saturated rings. The van der Waals surface area contributed by atoms with Crippen LogP contribution in [0.2, 0.25) is 5.02 Å². The van der Waals surface area contributed by atoms with Gasteiger partial charge in [-0.1, -0.05) is 35.9 Å². The Balaban J connectivity index is 1.83. The predicted octanol–water partition coefficient (Wildman–Crippen LogP) is 3.34. The van der Waals surface area contributed by atoms with Crippen LogP contribution in [-0.2, 0) is 9.59 Å². The maximum Gasteiger partial charge on any atom is 0.276 e. The van der Waals surface area contributed by atoms with Crippen molar-refractivity contribution >= 4 is 29.5 Å². The van der Waals surface area contributed by atoms with Gasteiger partial charge in [0, 0.05) is 11.6 Å². The molecule has 0 heterocycles. The van der Waals surface area contributed by atoms with Gasteiger partial charge in [0.2, 0.25) is 0 Å². The highest BCUT2D eigenvalue weighted by atomic mass is 35.5. The normalized spacial score (nSPS) is 10.6. The molecule has 0 radical (unpaired) electrons. The summed E-state index contributed by atoms with van der Waals surface area (Å²) in [5.74, 6) is -1.08. The van der Waals surface area contributed by atoms with Crippen molar-refractivity contribution in [3.05, 3.63) is 70.0 Å². The highest BCUT2D eigenvalue weighted by molar-refractivity contribution is 6.32. The van der Waals surface area contributed by atoms with E-state index in [0.717, 1.165) is 17.2 Å². The number of aryl methyl sites for hydroxylation is 2. The first-order valence-corrected chi connectivity index (χ1v) is 8.16. The van der Waals surface area contributed by atoms with Crippen LogP contribution in [0.15, 0.2) is 42.5 Å². The third-order valence-electron chi connectivity index (χ3n) is 3.48. The average molecular weight is 377 g/mol. The van der Waals surface area contributed by atoms with Crippen LogP contribution in [0.3, 0.4) is 0 Å². The minimum Gasteiger partial charge on any atom is -0.483 e. The summed E-state index contributed by atoms with van der Waals surface area (Å²) in [6.45, 7) is 3.50. The number of hydrazine groups is 1. The van der Waals surface area contributed by atoms with Gasteiger partial charge in [-0.05, 0) is 43.2 Å². The van der Waals surface area contributed by atoms with E-state index >= 15 is 0 Å². The highest BCUT2D eigenvalue weighted by Crippen LogP contribution is 2.22. The van der Waals surface area contributed by atoms with Gasteiger partial charge in [0.05, 0.1) is 5.02 Å². The van der Waals surface area contributed by atoms with Crippen LogP contribution in [0.1, 0.15) is 16.7 Å². The van der Waals surface area contributed by atoms with Gasteiger partial charge in [-0.3, -0.25) is 20.4 Å². The lowest BCUT2D eigenvalue weighted by Gasteiger charge is -2.12. The maximum absolute atomic E-state index is 13.6. The van der Waals surface area contributed by atoms with Crippen LogP contribution in [0.4, 0.5) is 4.39 Å². The first-order chi connectivity index (χ1) is 12.4. The van der Waals surface area contributed by atoms with Crippen LogP contribution in [0.25, 0.3) is 6.08 Å². The number of carbonyl (C=O) groups is 2. The molecule has 0 saturated carbocycles. The van der Waals surface area contributed by atoms with Crippen LogP contribution >= 0.6 is 11.6 Å². The number of benzene rings is 2. The molecule has 2 amide bonds. The first kappa shape index (κ1) is 19.5. The second-order valence-corrected chi connectivity index (χ2v) is 5.92. The Hall–Kier alpha value is -2.86. The zero-order chi connectivity index (χ0) is 19.1. The van der Waals surface area contributed by atoms with E-state index < -0.39 is 17.6 Å². The smallest absolute Gasteiger partial charge is 0.276 e. The van der Waals surface area contributed by atoms with Crippen LogP contribution in [0, 0.1) is 19.7 Å². The molecule has 0 aliphatic rings. The first-order valence-electron chi connectivity index (χ1n) is 7.78. The number of halogens is 2. The molecule has 2 rings (SSSR count). The van der Waals surface area contributed by atoms with Gasteiger partial charge >= 0.3 is 0 Å². The summed E-state index contributed by atoms with van der Waals surface area (Å²) in [7, 11) is 0. The largest absolute Gasteiger partial charge is 0.483 e. The molecule has 0 aliphatic heterocycles. The lowest BCUT2D eigenvalue weighted by molar-refractivity contribution is -0.128. The molecule has 0 saturated heterocycles. The van der Waals surface area contributed by atoms with Crippen LogP contribution in [0.5, 0.6) is 5.75 Å². The van der Waals surface area contributed by atoms with Crippen molar-refractivity contribution < 1.29 is 18.7 Å². The molecule has 0 spiro atoms. The van der Waals surface area contributed by atoms with Gasteiger partial charge in [-0.2, -0.15) is 0 Å². The fourth-order valence-electron chi connectivity index (χ4n) is 2.20. The highest BCUT2D eigenvalue weighted by Gasteiger charge is 2.08. The molecule has 0 bridgehead atoms. The molecule has 136 valence electrons. The number of amides is 2. The van der Waals surface area contributed by atoms with Crippen molar-refractivity contribution in [2.45, 2.75) is 13.8 Å². The molecule has 2 aromatic rings. The molecule has 5 nitrogen and oxygen atoms in total. The van der Waals surface area contributed by atoms with Crippen LogP contribution < -0.4 is 15.6 Å². The molecular formula is C19H18ClFN2O3. The molecule has 0 aliphatic carbocycles. The maximum atomic E-state index is 13.6. The number of carbonyl (C=O) groups excluding carboxylic acids is 2. The van der Waals surface area contributed by atoms with E-state index in [-0.39, 0.29) is 17.2 Å². The number of rotatable bonds is 5. The lowest BCUT2D eigenvalue weighted by Crippen LogP contribution is -2.43. The Morgan fingerprint density at radius 1 is 1.12 bits per heavy atom. The fourth-order valence-corrected chi connectivity index (χ4v) is 2.43. The Bertz CT molecular complexity index is 812. The minimum atomic E-state index is -0.634. The Labute approximate surface area is 155 Å². The summed E-state index contributed by atoms with van der Waals surface area (Å²) in [4.78, 5) is 23.5. The van der Waals surface area contributed by atoms with Crippen molar-refractivity contribution in [3.63, 3.8) is 0 Å². The summed E-state index contributed by atoms with van der Waals surface area (Å²) >= 11 is 5.86. The Morgan fingerprint density at radius 3 is 2.42 bits per heavy atom.